The molecule has 102 heavy (non-hydrogen) atoms. The fourth-order valence-corrected chi connectivity index (χ4v) is 18.2. The van der Waals surface area contributed by atoms with Crippen molar-refractivity contribution in [1.82, 2.24) is 0 Å². The SMILES string of the molecule is C[C@@H]1C[C@@H](C)OP(=O)(OC2C(Sc3ccccc3)OC(COCc3ccccc3)C(OCc3ccccc3)C2OCc2ccccc2)O1.C[C@@H]1C[C@@H](Cc2ccccc2)OP(=O)(OC2C(OC3CCCCC3)OC(COCc3ccccc3)C(OCc3ccccc3)C2O)O1.OC1CCCCC1. The molecule has 18 nitrogen and oxygen atoms in total. The van der Waals surface area contributed by atoms with Crippen LogP contribution >= 0.6 is 27.4 Å². The van der Waals surface area contributed by atoms with Crippen LogP contribution in [-0.2, 0) is 114 Å². The molecular weight excluding hydrogens is 1350 g/mol. The van der Waals surface area contributed by atoms with Gasteiger partial charge in [-0.15, -0.1) is 0 Å². The van der Waals surface area contributed by atoms with Gasteiger partial charge >= 0.3 is 15.6 Å². The molecule has 11 unspecified atom stereocenters. The summed E-state index contributed by atoms with van der Waals surface area (Å²) >= 11 is 1.47. The van der Waals surface area contributed by atoms with Crippen LogP contribution in [0, 0.1) is 0 Å². The predicted octanol–water partition coefficient (Wildman–Crippen LogP) is 17.1. The summed E-state index contributed by atoms with van der Waals surface area (Å²) < 4.78 is 117. The fraction of sp³-hybridized carbons (Fsp3) is 0.481. The molecule has 550 valence electrons. The first-order valence-corrected chi connectivity index (χ1v) is 40.2. The third-order valence-electron chi connectivity index (χ3n) is 18.6. The Hall–Kier alpha value is -5.29. The minimum atomic E-state index is -4.15. The van der Waals surface area contributed by atoms with Gasteiger partial charge in [-0.3, -0.25) is 27.1 Å². The molecule has 21 heteroatoms. The van der Waals surface area contributed by atoms with Gasteiger partial charge in [0.25, 0.3) is 0 Å². The molecule has 6 aliphatic rings. The predicted molar refractivity (Wildman–Crippen MR) is 391 cm³/mol. The summed E-state index contributed by atoms with van der Waals surface area (Å²) in [6, 6.07) is 69.3. The summed E-state index contributed by atoms with van der Waals surface area (Å²) in [4.78, 5) is 0.955. The van der Waals surface area contributed by atoms with Crippen molar-refractivity contribution < 1.29 is 84.4 Å². The van der Waals surface area contributed by atoms with E-state index >= 15 is 0 Å². The van der Waals surface area contributed by atoms with Crippen molar-refractivity contribution in [2.45, 2.75) is 239 Å². The highest BCUT2D eigenvalue weighted by molar-refractivity contribution is 7.99. The third-order valence-corrected chi connectivity index (χ3v) is 23.1. The van der Waals surface area contributed by atoms with Crippen molar-refractivity contribution in [3.63, 3.8) is 0 Å². The lowest BCUT2D eigenvalue weighted by Crippen LogP contribution is -2.61. The maximum Gasteiger partial charge on any atom is 0.475 e. The van der Waals surface area contributed by atoms with Crippen LogP contribution in [0.15, 0.2) is 217 Å². The quantitative estimate of drug-likeness (QED) is 0.0460. The van der Waals surface area contributed by atoms with Gasteiger partial charge in [0.15, 0.2) is 6.29 Å². The number of hydrogen-bond donors (Lipinski definition) is 2. The lowest BCUT2D eigenvalue weighted by atomic mass is 9.96. The number of phosphoric acid groups is 2. The van der Waals surface area contributed by atoms with Crippen LogP contribution in [0.2, 0.25) is 0 Å². The highest BCUT2D eigenvalue weighted by atomic mass is 32.2. The van der Waals surface area contributed by atoms with E-state index in [1.165, 1.54) is 31.0 Å². The van der Waals surface area contributed by atoms with E-state index < -0.39 is 82.3 Å². The van der Waals surface area contributed by atoms with Crippen LogP contribution in [0.4, 0.5) is 0 Å². The molecule has 0 bridgehead atoms. The topological polar surface area (TPSA) is 204 Å². The van der Waals surface area contributed by atoms with Gasteiger partial charge in [-0.05, 0) is 98.4 Å². The van der Waals surface area contributed by atoms with E-state index in [1.807, 2.05) is 233 Å². The van der Waals surface area contributed by atoms with Gasteiger partial charge in [-0.25, -0.2) is 9.13 Å². The minimum Gasteiger partial charge on any atom is -0.393 e. The Morgan fingerprint density at radius 3 is 1.27 bits per heavy atom. The lowest BCUT2D eigenvalue weighted by Gasteiger charge is -2.46. The normalized spacial score (nSPS) is 30.0. The molecule has 0 radical (unpaired) electrons. The molecule has 6 fully saturated rings. The van der Waals surface area contributed by atoms with Gasteiger partial charge in [-0.1, -0.05) is 250 Å². The van der Waals surface area contributed by atoms with E-state index in [2.05, 4.69) is 0 Å². The van der Waals surface area contributed by atoms with E-state index in [0.29, 0.717) is 39.1 Å². The zero-order valence-corrected chi connectivity index (χ0v) is 61.4. The van der Waals surface area contributed by atoms with Crippen LogP contribution in [0.5, 0.6) is 0 Å². The second-order valence-electron chi connectivity index (χ2n) is 27.2. The van der Waals surface area contributed by atoms with Gasteiger partial charge in [-0.2, -0.15) is 0 Å². The molecule has 0 spiro atoms. The first-order valence-electron chi connectivity index (χ1n) is 36.4. The maximum absolute atomic E-state index is 14.2. The molecule has 4 saturated heterocycles. The van der Waals surface area contributed by atoms with Crippen molar-refractivity contribution in [2.24, 2.45) is 0 Å². The monoisotopic (exact) mass is 1460 g/mol. The Labute approximate surface area is 606 Å². The van der Waals surface area contributed by atoms with E-state index in [1.54, 1.807) is 0 Å². The first kappa shape index (κ1) is 77.8. The largest absolute Gasteiger partial charge is 0.475 e. The maximum atomic E-state index is 14.2. The molecule has 0 amide bonds. The van der Waals surface area contributed by atoms with E-state index in [9.17, 15) is 14.2 Å². The van der Waals surface area contributed by atoms with Crippen molar-refractivity contribution in [2.75, 3.05) is 13.2 Å². The van der Waals surface area contributed by atoms with Crippen LogP contribution < -0.4 is 0 Å². The van der Waals surface area contributed by atoms with E-state index in [0.717, 1.165) is 83.2 Å². The first-order chi connectivity index (χ1) is 49.8. The molecular formula is C81H102O18P2S. The number of ether oxygens (including phenoxy) is 8. The summed E-state index contributed by atoms with van der Waals surface area (Å²) in [5.74, 6) is 0. The summed E-state index contributed by atoms with van der Waals surface area (Å²) in [7, 11) is -8.16. The van der Waals surface area contributed by atoms with Crippen LogP contribution in [0.1, 0.15) is 131 Å². The third kappa shape index (κ3) is 24.6. The standard InChI is InChI=1S/C38H43O8PS.C37H47O9P.C6H12O/c1-28-23-29(2)45-47(39,44-28)46-37-36(42-26-32-19-11-5-12-20-32)35(41-25-31-17-9-4-10-18-31)34(27-40-24-30-15-7-3-8-16-30)43-38(37)48-33-21-13-6-14-22-33;1-27-22-32(23-28-14-6-2-7-15-28)45-47(39,44-27)46-36-34(38)35(41-25-30-18-10-4-11-19-30)33(26-40-24-29-16-8-3-9-17-29)43-37(36)42-31-20-12-5-13-21-31;7-6-4-2-1-3-5-6/h3-22,28-29,34-38H,23-27H2,1-2H3;2-4,6-11,14-19,27,31-38H,5,12-13,20-26H2,1H3;6-7H,1-5H2/t28-,29-,34?,35?,36?,37?,38?;27-,32+,33?,34?,35?,36?,37?,47?;/m11./s1. The summed E-state index contributed by atoms with van der Waals surface area (Å²) in [5.41, 5.74) is 5.38. The lowest BCUT2D eigenvalue weighted by molar-refractivity contribution is -0.319. The number of benzene rings is 7. The molecule has 2 saturated carbocycles. The number of aliphatic hydroxyl groups excluding tert-OH is 2. The number of phosphoric ester groups is 2. The minimum absolute atomic E-state index is 0.0359. The van der Waals surface area contributed by atoms with Gasteiger partial charge in [0.1, 0.15) is 54.3 Å². The highest BCUT2D eigenvalue weighted by Crippen LogP contribution is 2.60. The Morgan fingerprint density at radius 2 is 0.804 bits per heavy atom. The average Bonchev–Trinajstić information content (AvgIpc) is 0.775. The number of thioether (sulfide) groups is 1. The number of aliphatic hydroxyl groups is 2. The second kappa shape index (κ2) is 40.4. The molecule has 7 aromatic rings. The van der Waals surface area contributed by atoms with Crippen LogP contribution in [-0.4, -0.2) is 121 Å². The van der Waals surface area contributed by atoms with Crippen LogP contribution in [0.3, 0.4) is 0 Å². The van der Waals surface area contributed by atoms with Crippen LogP contribution in [0.25, 0.3) is 0 Å². The fourth-order valence-electron chi connectivity index (χ4n) is 13.5. The zero-order valence-electron chi connectivity index (χ0n) is 58.8. The molecule has 2 aliphatic carbocycles. The van der Waals surface area contributed by atoms with Gasteiger partial charge in [0.05, 0.1) is 82.9 Å². The highest BCUT2D eigenvalue weighted by Gasteiger charge is 2.55. The summed E-state index contributed by atoms with van der Waals surface area (Å²) in [6.45, 7) is 7.55. The molecule has 13 rings (SSSR count). The van der Waals surface area contributed by atoms with Gasteiger partial charge in [0, 0.05) is 17.7 Å². The zero-order chi connectivity index (χ0) is 70.8. The van der Waals surface area contributed by atoms with Crippen molar-refractivity contribution >= 4 is 27.4 Å². The Morgan fingerprint density at radius 1 is 0.412 bits per heavy atom. The van der Waals surface area contributed by atoms with Crippen molar-refractivity contribution in [3.8, 4) is 0 Å². The molecule has 15 atom stereocenters. The summed E-state index contributed by atoms with van der Waals surface area (Å²) in [6.07, 6.45) is 3.20. The van der Waals surface area contributed by atoms with Gasteiger partial charge < -0.3 is 48.1 Å². The molecule has 4 aliphatic heterocycles. The van der Waals surface area contributed by atoms with Gasteiger partial charge in [0.2, 0.25) is 0 Å². The Bertz CT molecular complexity index is 3540. The number of hydrogen-bond acceptors (Lipinski definition) is 19. The van der Waals surface area contributed by atoms with Crippen molar-refractivity contribution in [3.05, 3.63) is 246 Å². The Balaban J connectivity index is 0.000000187. The summed E-state index contributed by atoms with van der Waals surface area (Å²) in [5, 5.41) is 20.9. The second-order valence-corrected chi connectivity index (χ2v) is 31.4. The number of rotatable bonds is 27. The molecule has 4 heterocycles. The molecule has 2 N–H and O–H groups in total. The molecule has 0 aromatic heterocycles. The van der Waals surface area contributed by atoms with E-state index in [-0.39, 0.29) is 56.9 Å². The molecule has 7 aromatic carbocycles. The van der Waals surface area contributed by atoms with E-state index in [4.69, 9.17) is 70.1 Å². The van der Waals surface area contributed by atoms with Crippen molar-refractivity contribution in [1.29, 1.82) is 0 Å². The average molecular weight is 1460 g/mol. The Kier molecular flexibility index (Phi) is 30.8. The smallest absolute Gasteiger partial charge is 0.393 e.